The molecule has 0 unspecified atom stereocenters. The normalized spacial score (nSPS) is 18.4. The Kier molecular flexibility index (Phi) is 4.03. The number of rotatable bonds is 4. The van der Waals surface area contributed by atoms with Gasteiger partial charge in [0.15, 0.2) is 5.03 Å². The Hall–Kier alpha value is -1.70. The van der Waals surface area contributed by atoms with Crippen LogP contribution < -0.4 is 0 Å². The predicted molar refractivity (Wildman–Crippen MR) is 81.7 cm³/mol. The fourth-order valence-corrected chi connectivity index (χ4v) is 3.75. The number of sulfonamides is 1. The summed E-state index contributed by atoms with van der Waals surface area (Å²) in [4.78, 5) is 3.93. The second kappa shape index (κ2) is 5.83. The SMILES string of the molecule is CN(C[C@H]1Cc2ccccc2CO1)S(=O)(=O)c1cn(C)cn1. The fraction of sp³-hybridized carbons (Fsp3) is 0.400. The predicted octanol–water partition coefficient (Wildman–Crippen LogP) is 1.18. The van der Waals surface area contributed by atoms with Gasteiger partial charge in [-0.25, -0.2) is 13.4 Å². The van der Waals surface area contributed by atoms with Crippen molar-refractivity contribution in [2.24, 2.45) is 7.05 Å². The lowest BCUT2D eigenvalue weighted by molar-refractivity contribution is 0.0202. The molecule has 0 fully saturated rings. The van der Waals surface area contributed by atoms with Gasteiger partial charge in [-0.2, -0.15) is 4.31 Å². The van der Waals surface area contributed by atoms with Gasteiger partial charge < -0.3 is 9.30 Å². The molecule has 22 heavy (non-hydrogen) atoms. The minimum absolute atomic E-state index is 0.0636. The van der Waals surface area contributed by atoms with Gasteiger partial charge in [0, 0.05) is 33.3 Å². The second-order valence-electron chi connectivity index (χ2n) is 5.57. The molecule has 1 aromatic carbocycles. The van der Waals surface area contributed by atoms with Crippen molar-refractivity contribution in [1.82, 2.24) is 13.9 Å². The lowest BCUT2D eigenvalue weighted by Gasteiger charge is -2.28. The average Bonchev–Trinajstić information content (AvgIpc) is 2.94. The highest BCUT2D eigenvalue weighted by Crippen LogP contribution is 2.22. The van der Waals surface area contributed by atoms with E-state index < -0.39 is 10.0 Å². The quantitative estimate of drug-likeness (QED) is 0.848. The zero-order valence-corrected chi connectivity index (χ0v) is 13.5. The average molecular weight is 321 g/mol. The third-order valence-corrected chi connectivity index (χ3v) is 5.57. The van der Waals surface area contributed by atoms with Crippen LogP contribution >= 0.6 is 0 Å². The number of aromatic nitrogens is 2. The minimum atomic E-state index is -3.57. The largest absolute Gasteiger partial charge is 0.372 e. The molecular weight excluding hydrogens is 302 g/mol. The molecule has 0 radical (unpaired) electrons. The van der Waals surface area contributed by atoms with Gasteiger partial charge in [-0.05, 0) is 11.1 Å². The molecule has 0 saturated carbocycles. The van der Waals surface area contributed by atoms with Crippen molar-refractivity contribution < 1.29 is 13.2 Å². The first-order valence-electron chi connectivity index (χ1n) is 7.09. The number of likely N-dealkylation sites (N-methyl/N-ethyl adjacent to an activating group) is 1. The van der Waals surface area contributed by atoms with Gasteiger partial charge in [0.2, 0.25) is 0 Å². The van der Waals surface area contributed by atoms with Gasteiger partial charge in [-0.15, -0.1) is 0 Å². The van der Waals surface area contributed by atoms with Gasteiger partial charge in [0.05, 0.1) is 19.0 Å². The number of aryl methyl sites for hydroxylation is 1. The molecule has 0 amide bonds. The molecule has 1 atom stereocenters. The molecule has 1 aromatic heterocycles. The molecule has 6 nitrogen and oxygen atoms in total. The third kappa shape index (κ3) is 2.92. The van der Waals surface area contributed by atoms with E-state index in [1.54, 1.807) is 18.7 Å². The van der Waals surface area contributed by atoms with Crippen LogP contribution in [-0.4, -0.2) is 42.0 Å². The topological polar surface area (TPSA) is 64.4 Å². The van der Waals surface area contributed by atoms with Crippen molar-refractivity contribution in [2.75, 3.05) is 13.6 Å². The molecule has 1 aliphatic rings. The first-order valence-corrected chi connectivity index (χ1v) is 8.53. The summed E-state index contributed by atoms with van der Waals surface area (Å²) in [6.07, 6.45) is 3.56. The maximum absolute atomic E-state index is 12.5. The van der Waals surface area contributed by atoms with E-state index in [4.69, 9.17) is 4.74 Å². The van der Waals surface area contributed by atoms with E-state index in [0.717, 1.165) is 6.42 Å². The molecule has 0 N–H and O–H groups in total. The fourth-order valence-electron chi connectivity index (χ4n) is 2.59. The van der Waals surface area contributed by atoms with Crippen LogP contribution in [0.3, 0.4) is 0 Å². The van der Waals surface area contributed by atoms with Gasteiger partial charge in [-0.3, -0.25) is 0 Å². The summed E-state index contributed by atoms with van der Waals surface area (Å²) >= 11 is 0. The van der Waals surface area contributed by atoms with Crippen LogP contribution in [0.4, 0.5) is 0 Å². The van der Waals surface area contributed by atoms with E-state index in [9.17, 15) is 8.42 Å². The van der Waals surface area contributed by atoms with Gasteiger partial charge in [0.1, 0.15) is 0 Å². The Morgan fingerprint density at radius 2 is 2.09 bits per heavy atom. The van der Waals surface area contributed by atoms with Gasteiger partial charge in [-0.1, -0.05) is 24.3 Å². The van der Waals surface area contributed by atoms with Crippen LogP contribution in [0.2, 0.25) is 0 Å². The van der Waals surface area contributed by atoms with Crippen LogP contribution in [0.25, 0.3) is 0 Å². The zero-order chi connectivity index (χ0) is 15.7. The number of ether oxygens (including phenoxy) is 1. The van der Waals surface area contributed by atoms with E-state index >= 15 is 0 Å². The maximum Gasteiger partial charge on any atom is 0.261 e. The maximum atomic E-state index is 12.5. The number of benzene rings is 1. The second-order valence-corrected chi connectivity index (χ2v) is 7.56. The van der Waals surface area contributed by atoms with Crippen molar-refractivity contribution in [2.45, 2.75) is 24.2 Å². The molecule has 0 saturated heterocycles. The Morgan fingerprint density at radius 3 is 2.77 bits per heavy atom. The smallest absolute Gasteiger partial charge is 0.261 e. The van der Waals surface area contributed by atoms with Crippen molar-refractivity contribution in [1.29, 1.82) is 0 Å². The number of fused-ring (bicyclic) bond motifs is 1. The highest BCUT2D eigenvalue weighted by molar-refractivity contribution is 7.89. The zero-order valence-electron chi connectivity index (χ0n) is 12.6. The summed E-state index contributed by atoms with van der Waals surface area (Å²) < 4.78 is 33.6. The Labute approximate surface area is 130 Å². The molecule has 0 aliphatic carbocycles. The highest BCUT2D eigenvalue weighted by atomic mass is 32.2. The molecule has 0 spiro atoms. The van der Waals surface area contributed by atoms with E-state index in [1.165, 1.54) is 28.0 Å². The van der Waals surface area contributed by atoms with Crippen LogP contribution in [0.1, 0.15) is 11.1 Å². The van der Waals surface area contributed by atoms with E-state index in [1.807, 2.05) is 18.2 Å². The van der Waals surface area contributed by atoms with E-state index in [0.29, 0.717) is 13.2 Å². The van der Waals surface area contributed by atoms with E-state index in [-0.39, 0.29) is 11.1 Å². The number of imidazole rings is 1. The number of hydrogen-bond donors (Lipinski definition) is 0. The van der Waals surface area contributed by atoms with Gasteiger partial charge >= 0.3 is 0 Å². The summed E-state index contributed by atoms with van der Waals surface area (Å²) in [5.41, 5.74) is 2.40. The van der Waals surface area contributed by atoms with Crippen molar-refractivity contribution in [3.8, 4) is 0 Å². The Morgan fingerprint density at radius 1 is 1.36 bits per heavy atom. The van der Waals surface area contributed by atoms with Crippen LogP contribution in [-0.2, 0) is 34.8 Å². The van der Waals surface area contributed by atoms with Crippen LogP contribution in [0.15, 0.2) is 41.8 Å². The highest BCUT2D eigenvalue weighted by Gasteiger charge is 2.28. The monoisotopic (exact) mass is 321 g/mol. The lowest BCUT2D eigenvalue weighted by atomic mass is 9.99. The summed E-state index contributed by atoms with van der Waals surface area (Å²) in [6, 6.07) is 8.09. The first-order chi connectivity index (χ1) is 10.5. The van der Waals surface area contributed by atoms with Crippen LogP contribution in [0.5, 0.6) is 0 Å². The molecule has 3 rings (SSSR count). The number of nitrogens with zero attached hydrogens (tertiary/aromatic N) is 3. The summed E-state index contributed by atoms with van der Waals surface area (Å²) in [7, 11) is -0.267. The molecule has 7 heteroatoms. The molecular formula is C15H19N3O3S. The molecule has 118 valence electrons. The Bertz CT molecular complexity index is 770. The lowest BCUT2D eigenvalue weighted by Crippen LogP contribution is -2.38. The molecule has 1 aliphatic heterocycles. The van der Waals surface area contributed by atoms with Crippen LogP contribution in [0, 0.1) is 0 Å². The molecule has 0 bridgehead atoms. The minimum Gasteiger partial charge on any atom is -0.372 e. The van der Waals surface area contributed by atoms with Crippen molar-refractivity contribution >= 4 is 10.0 Å². The standard InChI is InChI=1S/C15H19N3O3S/c1-17-9-15(16-11-17)22(19,20)18(2)8-14-7-12-5-3-4-6-13(12)10-21-14/h3-6,9,11,14H,7-8,10H2,1-2H3/t14-/m1/s1. The van der Waals surface area contributed by atoms with Gasteiger partial charge in [0.25, 0.3) is 10.0 Å². The molecule has 2 aromatic rings. The summed E-state index contributed by atoms with van der Waals surface area (Å²) in [5, 5.41) is 0.0636. The Balaban J connectivity index is 1.71. The summed E-state index contributed by atoms with van der Waals surface area (Å²) in [6.45, 7) is 0.839. The third-order valence-electron chi connectivity index (χ3n) is 3.86. The van der Waals surface area contributed by atoms with E-state index in [2.05, 4.69) is 11.1 Å². The number of hydrogen-bond acceptors (Lipinski definition) is 4. The summed E-state index contributed by atoms with van der Waals surface area (Å²) in [5.74, 6) is 0. The first kappa shape index (κ1) is 15.2. The van der Waals surface area contributed by atoms with Crippen molar-refractivity contribution in [3.63, 3.8) is 0 Å². The van der Waals surface area contributed by atoms with Crippen molar-refractivity contribution in [3.05, 3.63) is 47.9 Å². The molecule has 2 heterocycles.